The zero-order valence-corrected chi connectivity index (χ0v) is 19.5. The summed E-state index contributed by atoms with van der Waals surface area (Å²) in [5.74, 6) is 0.466. The molecule has 0 aromatic heterocycles. The molecule has 2 nitrogen and oxygen atoms in total. The first-order valence-corrected chi connectivity index (χ1v) is 12.0. The SMILES string of the molecule is CC1=C(C2CC(=O)C(C=O)=C(SCc3c(Cl)cccc3Cl)S2)C(C)(C)CCC1. The van der Waals surface area contributed by atoms with Crippen LogP contribution in [0.25, 0.3) is 0 Å². The standard InChI is InChI=1S/C22H24Cl2O2S2/c1-13-6-5-9-22(2,3)20(13)19-10-18(26)14(11-25)21(28-19)27-12-15-16(23)7-4-8-17(15)24/h4,7-8,11,19H,5-6,9-10,12H2,1-3H3. The fourth-order valence-corrected chi connectivity index (χ4v) is 7.99. The van der Waals surface area contributed by atoms with Gasteiger partial charge in [0.05, 0.1) is 9.81 Å². The van der Waals surface area contributed by atoms with Gasteiger partial charge in [-0.3, -0.25) is 9.59 Å². The minimum absolute atomic E-state index is 0.0619. The molecule has 0 bridgehead atoms. The van der Waals surface area contributed by atoms with Gasteiger partial charge in [-0.2, -0.15) is 0 Å². The van der Waals surface area contributed by atoms with E-state index in [4.69, 9.17) is 23.2 Å². The molecular weight excluding hydrogens is 431 g/mol. The zero-order valence-electron chi connectivity index (χ0n) is 16.3. The second-order valence-corrected chi connectivity index (χ2v) is 11.2. The topological polar surface area (TPSA) is 34.1 Å². The molecule has 0 radical (unpaired) electrons. The van der Waals surface area contributed by atoms with Crippen LogP contribution in [-0.2, 0) is 15.3 Å². The molecule has 1 aliphatic heterocycles. The van der Waals surface area contributed by atoms with Crippen LogP contribution in [-0.4, -0.2) is 17.3 Å². The van der Waals surface area contributed by atoms with Crippen molar-refractivity contribution in [2.45, 2.75) is 57.5 Å². The number of ketones is 1. The smallest absolute Gasteiger partial charge is 0.169 e. The molecule has 3 rings (SSSR count). The van der Waals surface area contributed by atoms with Gasteiger partial charge in [-0.05, 0) is 49.3 Å². The summed E-state index contributed by atoms with van der Waals surface area (Å²) in [6.45, 7) is 6.73. The van der Waals surface area contributed by atoms with Crippen molar-refractivity contribution in [1.82, 2.24) is 0 Å². The summed E-state index contributed by atoms with van der Waals surface area (Å²) in [7, 11) is 0. The van der Waals surface area contributed by atoms with Gasteiger partial charge in [-0.1, -0.05) is 54.3 Å². The maximum atomic E-state index is 12.8. The molecule has 1 aliphatic carbocycles. The van der Waals surface area contributed by atoms with Crippen LogP contribution in [0, 0.1) is 5.41 Å². The number of benzene rings is 1. The van der Waals surface area contributed by atoms with Crippen LogP contribution < -0.4 is 0 Å². The molecule has 2 aliphatic rings. The van der Waals surface area contributed by atoms with Crippen LogP contribution in [0.15, 0.2) is 39.2 Å². The normalized spacial score (nSPS) is 22.6. The van der Waals surface area contributed by atoms with Gasteiger partial charge < -0.3 is 0 Å². The second kappa shape index (κ2) is 8.99. The largest absolute Gasteiger partial charge is 0.298 e. The number of rotatable bonds is 5. The average molecular weight is 455 g/mol. The molecule has 1 heterocycles. The van der Waals surface area contributed by atoms with E-state index >= 15 is 0 Å². The van der Waals surface area contributed by atoms with Crippen LogP contribution in [0.2, 0.25) is 10.0 Å². The molecule has 0 fully saturated rings. The Morgan fingerprint density at radius 1 is 1.29 bits per heavy atom. The summed E-state index contributed by atoms with van der Waals surface area (Å²) in [6, 6.07) is 5.42. The molecule has 1 aromatic carbocycles. The van der Waals surface area contributed by atoms with Crippen LogP contribution in [0.1, 0.15) is 52.0 Å². The molecule has 6 heteroatoms. The number of hydrogen-bond acceptors (Lipinski definition) is 4. The van der Waals surface area contributed by atoms with Crippen molar-refractivity contribution in [3.8, 4) is 0 Å². The lowest BCUT2D eigenvalue weighted by molar-refractivity contribution is -0.117. The Morgan fingerprint density at radius 2 is 1.96 bits per heavy atom. The number of thioether (sulfide) groups is 2. The van der Waals surface area contributed by atoms with Crippen LogP contribution in [0.5, 0.6) is 0 Å². The van der Waals surface area contributed by atoms with E-state index in [-0.39, 0.29) is 16.4 Å². The fourth-order valence-electron chi connectivity index (χ4n) is 4.17. The summed E-state index contributed by atoms with van der Waals surface area (Å²) in [5, 5.41) is 1.29. The van der Waals surface area contributed by atoms with Crippen molar-refractivity contribution in [3.05, 3.63) is 54.8 Å². The van der Waals surface area contributed by atoms with Crippen molar-refractivity contribution < 1.29 is 9.59 Å². The number of Topliss-reactive ketones (excluding diaryl/α,β-unsaturated/α-hetero) is 1. The van der Waals surface area contributed by atoms with Crippen molar-refractivity contribution in [2.75, 3.05) is 0 Å². The van der Waals surface area contributed by atoms with Gasteiger partial charge in [-0.15, -0.1) is 23.5 Å². The van der Waals surface area contributed by atoms with Crippen LogP contribution >= 0.6 is 46.7 Å². The highest BCUT2D eigenvalue weighted by Gasteiger charge is 2.38. The van der Waals surface area contributed by atoms with E-state index in [0.717, 1.165) is 22.6 Å². The Hall–Kier alpha value is -0.680. The first-order valence-electron chi connectivity index (χ1n) is 9.39. The lowest BCUT2D eigenvalue weighted by Gasteiger charge is -2.40. The molecule has 0 saturated heterocycles. The van der Waals surface area contributed by atoms with Gasteiger partial charge in [-0.25, -0.2) is 0 Å². The highest BCUT2D eigenvalue weighted by Crippen LogP contribution is 2.51. The van der Waals surface area contributed by atoms with Crippen LogP contribution in [0.3, 0.4) is 0 Å². The highest BCUT2D eigenvalue weighted by atomic mass is 35.5. The van der Waals surface area contributed by atoms with Gasteiger partial charge in [0.15, 0.2) is 12.1 Å². The minimum atomic E-state index is -0.0619. The number of aldehydes is 1. The molecule has 0 amide bonds. The summed E-state index contributed by atoms with van der Waals surface area (Å²) in [6.07, 6.45) is 4.51. The third kappa shape index (κ3) is 4.56. The maximum Gasteiger partial charge on any atom is 0.169 e. The predicted molar refractivity (Wildman–Crippen MR) is 122 cm³/mol. The van der Waals surface area contributed by atoms with Gasteiger partial charge in [0, 0.05) is 27.5 Å². The van der Waals surface area contributed by atoms with E-state index in [1.54, 1.807) is 23.9 Å². The Morgan fingerprint density at radius 3 is 2.57 bits per heavy atom. The number of carbonyl (C=O) groups is 2. The highest BCUT2D eigenvalue weighted by molar-refractivity contribution is 8.22. The summed E-state index contributed by atoms with van der Waals surface area (Å²) in [4.78, 5) is 24.4. The van der Waals surface area contributed by atoms with Crippen molar-refractivity contribution in [3.63, 3.8) is 0 Å². The van der Waals surface area contributed by atoms with E-state index in [2.05, 4.69) is 20.8 Å². The van der Waals surface area contributed by atoms with E-state index in [9.17, 15) is 9.59 Å². The molecule has 1 unspecified atom stereocenters. The number of halogens is 2. The van der Waals surface area contributed by atoms with E-state index in [0.29, 0.717) is 34.1 Å². The number of carbonyl (C=O) groups excluding carboxylic acids is 2. The number of hydrogen-bond donors (Lipinski definition) is 0. The number of allylic oxidation sites excluding steroid dienone is 2. The Kier molecular flexibility index (Phi) is 7.07. The molecular formula is C22H24Cl2O2S2. The predicted octanol–water partition coefficient (Wildman–Crippen LogP) is 7.24. The molecule has 1 aromatic rings. The first kappa shape index (κ1) is 22.0. The molecule has 28 heavy (non-hydrogen) atoms. The van der Waals surface area contributed by atoms with E-state index in [1.165, 1.54) is 29.3 Å². The Labute approximate surface area is 185 Å². The van der Waals surface area contributed by atoms with Crippen molar-refractivity contribution in [2.24, 2.45) is 5.41 Å². The lowest BCUT2D eigenvalue weighted by atomic mass is 9.70. The molecule has 0 saturated carbocycles. The van der Waals surface area contributed by atoms with Crippen molar-refractivity contribution in [1.29, 1.82) is 0 Å². The average Bonchev–Trinajstić information content (AvgIpc) is 2.60. The summed E-state index contributed by atoms with van der Waals surface area (Å²) < 4.78 is 0.786. The van der Waals surface area contributed by atoms with Gasteiger partial charge >= 0.3 is 0 Å². The van der Waals surface area contributed by atoms with Gasteiger partial charge in [0.1, 0.15) is 0 Å². The Bertz CT molecular complexity index is 851. The van der Waals surface area contributed by atoms with Gasteiger partial charge in [0.25, 0.3) is 0 Å². The van der Waals surface area contributed by atoms with Gasteiger partial charge in [0.2, 0.25) is 0 Å². The zero-order chi connectivity index (χ0) is 20.5. The second-order valence-electron chi connectivity index (χ2n) is 7.97. The van der Waals surface area contributed by atoms with Crippen molar-refractivity contribution >= 4 is 58.8 Å². The minimum Gasteiger partial charge on any atom is -0.298 e. The molecule has 1 atom stereocenters. The summed E-state index contributed by atoms with van der Waals surface area (Å²) >= 11 is 15.7. The molecule has 0 spiro atoms. The lowest BCUT2D eigenvalue weighted by Crippen LogP contribution is -2.31. The molecule has 150 valence electrons. The van der Waals surface area contributed by atoms with E-state index < -0.39 is 0 Å². The quantitative estimate of drug-likeness (QED) is 0.266. The molecule has 0 N–H and O–H groups in total. The third-order valence-electron chi connectivity index (χ3n) is 5.53. The summed E-state index contributed by atoms with van der Waals surface area (Å²) in [5.41, 5.74) is 3.99. The third-order valence-corrected chi connectivity index (χ3v) is 8.92. The fraction of sp³-hybridized carbons (Fsp3) is 0.455. The first-order chi connectivity index (χ1) is 13.2. The monoisotopic (exact) mass is 454 g/mol. The Balaban J connectivity index is 1.89. The maximum absolute atomic E-state index is 12.8. The van der Waals surface area contributed by atoms with E-state index in [1.807, 2.05) is 6.07 Å². The van der Waals surface area contributed by atoms with Crippen LogP contribution in [0.4, 0.5) is 0 Å².